The molecule has 0 atom stereocenters. The van der Waals surface area contributed by atoms with Crippen LogP contribution in [0.2, 0.25) is 0 Å². The van der Waals surface area contributed by atoms with Gasteiger partial charge in [-0.15, -0.1) is 0 Å². The Kier molecular flexibility index (Phi) is 4.27. The molecule has 2 N–H and O–H groups in total. The monoisotopic (exact) mass is 337 g/mol. The Hall–Kier alpha value is -3.15. The second-order valence-corrected chi connectivity index (χ2v) is 6.41. The fourth-order valence-corrected chi connectivity index (χ4v) is 2.76. The summed E-state index contributed by atoms with van der Waals surface area (Å²) in [6, 6.07) is 16.5. The Balaban J connectivity index is 1.77. The number of nitrogens with zero attached hydrogens (tertiary/aromatic N) is 1. The van der Waals surface area contributed by atoms with Gasteiger partial charge in [0, 0.05) is 11.3 Å². The number of anilines is 1. The molecule has 0 bridgehead atoms. The highest BCUT2D eigenvalue weighted by molar-refractivity contribution is 6.10. The first-order valence-electron chi connectivity index (χ1n) is 7.97. The van der Waals surface area contributed by atoms with Crippen LogP contribution in [0.15, 0.2) is 54.6 Å². The zero-order valence-corrected chi connectivity index (χ0v) is 14.1. The van der Waals surface area contributed by atoms with Gasteiger partial charge in [-0.2, -0.15) is 0 Å². The normalized spacial score (nSPS) is 15.8. The molecule has 1 fully saturated rings. The maximum atomic E-state index is 12.4. The molecule has 2 aromatic carbocycles. The van der Waals surface area contributed by atoms with E-state index in [4.69, 9.17) is 0 Å². The summed E-state index contributed by atoms with van der Waals surface area (Å²) in [5, 5.41) is 5.35. The minimum Gasteiger partial charge on any atom is -0.324 e. The van der Waals surface area contributed by atoms with Crippen molar-refractivity contribution in [2.24, 2.45) is 0 Å². The number of nitrogens with one attached hydrogen (secondary N) is 2. The highest BCUT2D eigenvalue weighted by Crippen LogP contribution is 2.27. The molecule has 6 heteroatoms. The lowest BCUT2D eigenvalue weighted by molar-refractivity contribution is -0.132. The second kappa shape index (κ2) is 6.39. The highest BCUT2D eigenvalue weighted by Gasteiger charge is 2.44. The second-order valence-electron chi connectivity index (χ2n) is 6.41. The van der Waals surface area contributed by atoms with Gasteiger partial charge in [0.05, 0.1) is 0 Å². The highest BCUT2D eigenvalue weighted by atomic mass is 16.2. The standard InChI is InChI=1S/C19H19N3O3/c1-19(2)17(24)22(18(25)21-19)12-16(23)20-15-11-7-6-10-14(15)13-8-4-3-5-9-13/h3-11H,12H2,1-2H3,(H,20,23)(H,21,25). The van der Waals surface area contributed by atoms with Crippen LogP contribution in [0.5, 0.6) is 0 Å². The SMILES string of the molecule is CC1(C)NC(=O)N(CC(=O)Nc2ccccc2-c2ccccc2)C1=O. The molecule has 0 aliphatic carbocycles. The number of hydrogen-bond acceptors (Lipinski definition) is 3. The minimum absolute atomic E-state index is 0.322. The smallest absolute Gasteiger partial charge is 0.324 e. The molecule has 4 amide bonds. The van der Waals surface area contributed by atoms with Gasteiger partial charge in [-0.1, -0.05) is 48.5 Å². The van der Waals surface area contributed by atoms with E-state index in [-0.39, 0.29) is 6.54 Å². The average Bonchev–Trinajstić information content (AvgIpc) is 2.78. The van der Waals surface area contributed by atoms with Gasteiger partial charge in [-0.05, 0) is 25.5 Å². The van der Waals surface area contributed by atoms with Gasteiger partial charge >= 0.3 is 6.03 Å². The summed E-state index contributed by atoms with van der Waals surface area (Å²) in [7, 11) is 0. The summed E-state index contributed by atoms with van der Waals surface area (Å²) in [4.78, 5) is 37.4. The Morgan fingerprint density at radius 1 is 1.04 bits per heavy atom. The van der Waals surface area contributed by atoms with Crippen LogP contribution in [-0.2, 0) is 9.59 Å². The van der Waals surface area contributed by atoms with E-state index in [1.54, 1.807) is 19.9 Å². The van der Waals surface area contributed by atoms with Crippen LogP contribution in [0, 0.1) is 0 Å². The van der Waals surface area contributed by atoms with Gasteiger partial charge in [-0.25, -0.2) is 4.79 Å². The summed E-state index contributed by atoms with van der Waals surface area (Å²) in [6.07, 6.45) is 0. The van der Waals surface area contributed by atoms with Crippen molar-refractivity contribution in [3.05, 3.63) is 54.6 Å². The van der Waals surface area contributed by atoms with Gasteiger partial charge in [-0.3, -0.25) is 14.5 Å². The maximum Gasteiger partial charge on any atom is 0.325 e. The van der Waals surface area contributed by atoms with Crippen molar-refractivity contribution in [1.29, 1.82) is 0 Å². The van der Waals surface area contributed by atoms with Crippen LogP contribution in [0.4, 0.5) is 10.5 Å². The summed E-state index contributed by atoms with van der Waals surface area (Å²) < 4.78 is 0. The summed E-state index contributed by atoms with van der Waals surface area (Å²) >= 11 is 0. The van der Waals surface area contributed by atoms with Gasteiger partial charge in [0.2, 0.25) is 5.91 Å². The molecule has 0 spiro atoms. The number of hydrogen-bond donors (Lipinski definition) is 2. The van der Waals surface area contributed by atoms with E-state index in [0.29, 0.717) is 5.69 Å². The van der Waals surface area contributed by atoms with Crippen molar-refractivity contribution in [3.8, 4) is 11.1 Å². The number of imide groups is 1. The summed E-state index contributed by atoms with van der Waals surface area (Å²) in [5.41, 5.74) is 1.48. The van der Waals surface area contributed by atoms with Gasteiger partial charge < -0.3 is 10.6 Å². The fraction of sp³-hybridized carbons (Fsp3) is 0.211. The molecule has 1 aliphatic rings. The molecule has 6 nitrogen and oxygen atoms in total. The number of benzene rings is 2. The maximum absolute atomic E-state index is 12.4. The van der Waals surface area contributed by atoms with Crippen LogP contribution in [-0.4, -0.2) is 34.8 Å². The van der Waals surface area contributed by atoms with E-state index in [2.05, 4.69) is 10.6 Å². The largest absolute Gasteiger partial charge is 0.325 e. The van der Waals surface area contributed by atoms with Gasteiger partial charge in [0.25, 0.3) is 5.91 Å². The van der Waals surface area contributed by atoms with Gasteiger partial charge in [0.15, 0.2) is 0 Å². The lowest BCUT2D eigenvalue weighted by Gasteiger charge is -2.16. The fourth-order valence-electron chi connectivity index (χ4n) is 2.76. The van der Waals surface area contributed by atoms with E-state index in [1.807, 2.05) is 48.5 Å². The quantitative estimate of drug-likeness (QED) is 0.842. The van der Waals surface area contributed by atoms with E-state index in [9.17, 15) is 14.4 Å². The molecule has 25 heavy (non-hydrogen) atoms. The van der Waals surface area contributed by atoms with Crippen molar-refractivity contribution < 1.29 is 14.4 Å². The Morgan fingerprint density at radius 2 is 1.68 bits per heavy atom. The lowest BCUT2D eigenvalue weighted by atomic mass is 10.0. The molecule has 1 heterocycles. The molecule has 0 unspecified atom stereocenters. The predicted octanol–water partition coefficient (Wildman–Crippen LogP) is 2.62. The number of urea groups is 1. The predicted molar refractivity (Wildman–Crippen MR) is 94.8 cm³/mol. The number of para-hydroxylation sites is 1. The summed E-state index contributed by atoms with van der Waals surface area (Å²) in [6.45, 7) is 2.89. The Bertz CT molecular complexity index is 831. The van der Waals surface area contributed by atoms with Crippen molar-refractivity contribution in [3.63, 3.8) is 0 Å². The number of carbonyl (C=O) groups is 3. The lowest BCUT2D eigenvalue weighted by Crippen LogP contribution is -2.41. The molecule has 2 aromatic rings. The van der Waals surface area contributed by atoms with E-state index >= 15 is 0 Å². The molecular weight excluding hydrogens is 318 g/mol. The van der Waals surface area contributed by atoms with Crippen molar-refractivity contribution in [2.75, 3.05) is 11.9 Å². The first-order valence-corrected chi connectivity index (χ1v) is 7.97. The number of rotatable bonds is 4. The van der Waals surface area contributed by atoms with Crippen LogP contribution < -0.4 is 10.6 Å². The van der Waals surface area contributed by atoms with Crippen LogP contribution in [0.25, 0.3) is 11.1 Å². The molecule has 0 aromatic heterocycles. The third-order valence-electron chi connectivity index (χ3n) is 4.03. The van der Waals surface area contributed by atoms with E-state index < -0.39 is 23.4 Å². The average molecular weight is 337 g/mol. The van der Waals surface area contributed by atoms with E-state index in [1.165, 1.54) is 0 Å². The topological polar surface area (TPSA) is 78.5 Å². The van der Waals surface area contributed by atoms with Crippen molar-refractivity contribution in [1.82, 2.24) is 10.2 Å². The van der Waals surface area contributed by atoms with Crippen molar-refractivity contribution >= 4 is 23.5 Å². The van der Waals surface area contributed by atoms with E-state index in [0.717, 1.165) is 16.0 Å². The molecule has 3 rings (SSSR count). The first-order chi connectivity index (χ1) is 11.9. The van der Waals surface area contributed by atoms with Gasteiger partial charge in [0.1, 0.15) is 12.1 Å². The van der Waals surface area contributed by atoms with Crippen LogP contribution >= 0.6 is 0 Å². The minimum atomic E-state index is -0.987. The van der Waals surface area contributed by atoms with Crippen molar-refractivity contribution in [2.45, 2.75) is 19.4 Å². The molecule has 0 radical (unpaired) electrons. The molecule has 128 valence electrons. The third kappa shape index (κ3) is 3.38. The molecule has 1 aliphatic heterocycles. The molecule has 1 saturated heterocycles. The Morgan fingerprint density at radius 3 is 2.32 bits per heavy atom. The number of amides is 4. The zero-order chi connectivity index (χ0) is 18.0. The van der Waals surface area contributed by atoms with Crippen LogP contribution in [0.1, 0.15) is 13.8 Å². The van der Waals surface area contributed by atoms with Crippen LogP contribution in [0.3, 0.4) is 0 Å². The number of carbonyl (C=O) groups excluding carboxylic acids is 3. The molecule has 0 saturated carbocycles. The zero-order valence-electron chi connectivity index (χ0n) is 14.1. The third-order valence-corrected chi connectivity index (χ3v) is 4.03. The molecular formula is C19H19N3O3. The summed E-state index contributed by atoms with van der Waals surface area (Å²) in [5.74, 6) is -0.839. The Labute approximate surface area is 145 Å². The first kappa shape index (κ1) is 16.7.